The van der Waals surface area contributed by atoms with Crippen molar-refractivity contribution in [3.63, 3.8) is 0 Å². The van der Waals surface area contributed by atoms with E-state index in [9.17, 15) is 4.79 Å². The quantitative estimate of drug-likeness (QED) is 0.853. The summed E-state index contributed by atoms with van der Waals surface area (Å²) in [5.74, 6) is -0.884. The van der Waals surface area contributed by atoms with Crippen LogP contribution in [-0.2, 0) is 0 Å². The molecular formula is C14H20N2O2. The van der Waals surface area contributed by atoms with Crippen LogP contribution in [0.4, 0.5) is 0 Å². The van der Waals surface area contributed by atoms with Gasteiger partial charge in [0.2, 0.25) is 0 Å². The average Bonchev–Trinajstić information content (AvgIpc) is 2.71. The summed E-state index contributed by atoms with van der Waals surface area (Å²) in [5, 5.41) is 9.04. The van der Waals surface area contributed by atoms with E-state index in [2.05, 4.69) is 11.8 Å². The van der Waals surface area contributed by atoms with Crippen LogP contribution in [0, 0.1) is 0 Å². The van der Waals surface area contributed by atoms with Gasteiger partial charge in [0.1, 0.15) is 0 Å². The average molecular weight is 248 g/mol. The Hall–Kier alpha value is -1.39. The number of hydrogen-bond donors (Lipinski definition) is 2. The summed E-state index contributed by atoms with van der Waals surface area (Å²) in [4.78, 5) is 13.4. The molecule has 0 unspecified atom stereocenters. The molecule has 98 valence electrons. The van der Waals surface area contributed by atoms with Crippen LogP contribution in [0.3, 0.4) is 0 Å². The third-order valence-corrected chi connectivity index (χ3v) is 3.53. The number of aromatic carboxylic acids is 1. The lowest BCUT2D eigenvalue weighted by Crippen LogP contribution is -2.32. The summed E-state index contributed by atoms with van der Waals surface area (Å²) >= 11 is 0. The van der Waals surface area contributed by atoms with Crippen molar-refractivity contribution in [2.24, 2.45) is 5.73 Å². The van der Waals surface area contributed by atoms with Crippen molar-refractivity contribution in [3.8, 4) is 0 Å². The van der Waals surface area contributed by atoms with Gasteiger partial charge in [0.15, 0.2) is 0 Å². The van der Waals surface area contributed by atoms with E-state index >= 15 is 0 Å². The van der Waals surface area contributed by atoms with E-state index in [1.54, 1.807) is 18.2 Å². The largest absolute Gasteiger partial charge is 0.478 e. The minimum atomic E-state index is -0.884. The van der Waals surface area contributed by atoms with Gasteiger partial charge in [-0.2, -0.15) is 0 Å². The lowest BCUT2D eigenvalue weighted by Gasteiger charge is -2.26. The Labute approximate surface area is 107 Å². The molecule has 2 rings (SSSR count). The molecule has 1 aromatic carbocycles. The van der Waals surface area contributed by atoms with E-state index in [1.165, 1.54) is 0 Å². The number of benzene rings is 1. The molecule has 0 aromatic heterocycles. The van der Waals surface area contributed by atoms with Gasteiger partial charge in [-0.25, -0.2) is 4.79 Å². The van der Waals surface area contributed by atoms with Gasteiger partial charge < -0.3 is 10.8 Å². The van der Waals surface area contributed by atoms with Gasteiger partial charge >= 0.3 is 5.97 Å². The number of nitrogens with zero attached hydrogens (tertiary/aromatic N) is 1. The predicted molar refractivity (Wildman–Crippen MR) is 70.6 cm³/mol. The Balaban J connectivity index is 2.28. The summed E-state index contributed by atoms with van der Waals surface area (Å²) in [5.41, 5.74) is 7.53. The smallest absolute Gasteiger partial charge is 0.335 e. The molecule has 1 heterocycles. The van der Waals surface area contributed by atoms with E-state index < -0.39 is 5.97 Å². The first kappa shape index (κ1) is 13.1. The fraction of sp³-hybridized carbons (Fsp3) is 0.500. The molecule has 18 heavy (non-hydrogen) atoms. The maximum absolute atomic E-state index is 11.0. The van der Waals surface area contributed by atoms with E-state index in [-0.39, 0.29) is 12.1 Å². The third kappa shape index (κ3) is 2.54. The Morgan fingerprint density at radius 1 is 1.56 bits per heavy atom. The summed E-state index contributed by atoms with van der Waals surface area (Å²) in [6, 6.07) is 7.40. The zero-order valence-electron chi connectivity index (χ0n) is 10.7. The van der Waals surface area contributed by atoms with Crippen molar-refractivity contribution in [3.05, 3.63) is 35.4 Å². The van der Waals surface area contributed by atoms with Crippen molar-refractivity contribution >= 4 is 5.97 Å². The molecule has 4 heteroatoms. The number of rotatable bonds is 4. The minimum Gasteiger partial charge on any atom is -0.478 e. The molecule has 0 bridgehead atoms. The number of hydrogen-bond acceptors (Lipinski definition) is 3. The highest BCUT2D eigenvalue weighted by atomic mass is 16.4. The normalized spacial score (nSPS) is 24.3. The summed E-state index contributed by atoms with van der Waals surface area (Å²) < 4.78 is 0. The van der Waals surface area contributed by atoms with Gasteiger partial charge in [-0.15, -0.1) is 0 Å². The van der Waals surface area contributed by atoms with Crippen LogP contribution in [0.15, 0.2) is 24.3 Å². The molecule has 0 spiro atoms. The standard InChI is InChI=1S/C14H20N2O2/c1-2-7-16-8-6-12(15)13(16)10-4-3-5-11(9-10)14(17)18/h3-5,9,12-13H,2,6-8,15H2,1H3,(H,17,18)/t12-,13+/m0/s1. The zero-order valence-corrected chi connectivity index (χ0v) is 10.7. The van der Waals surface area contributed by atoms with Crippen molar-refractivity contribution in [1.29, 1.82) is 0 Å². The molecular weight excluding hydrogens is 228 g/mol. The SMILES string of the molecule is CCCN1CC[C@H](N)[C@H]1c1cccc(C(=O)O)c1. The van der Waals surface area contributed by atoms with Crippen molar-refractivity contribution in [1.82, 2.24) is 4.90 Å². The third-order valence-electron chi connectivity index (χ3n) is 3.53. The lowest BCUT2D eigenvalue weighted by atomic mass is 9.98. The van der Waals surface area contributed by atoms with Crippen LogP contribution in [-0.4, -0.2) is 35.1 Å². The Bertz CT molecular complexity index is 432. The number of carboxylic acid groups (broad SMARTS) is 1. The molecule has 2 atom stereocenters. The monoisotopic (exact) mass is 248 g/mol. The van der Waals surface area contributed by atoms with Crippen molar-refractivity contribution < 1.29 is 9.90 Å². The van der Waals surface area contributed by atoms with Gasteiger partial charge in [0, 0.05) is 18.6 Å². The van der Waals surface area contributed by atoms with E-state index in [0.717, 1.165) is 31.5 Å². The second-order valence-electron chi connectivity index (χ2n) is 4.86. The maximum atomic E-state index is 11.0. The molecule has 0 aliphatic carbocycles. The molecule has 3 N–H and O–H groups in total. The second-order valence-corrected chi connectivity index (χ2v) is 4.86. The van der Waals surface area contributed by atoms with E-state index in [4.69, 9.17) is 10.8 Å². The Morgan fingerprint density at radius 3 is 3.00 bits per heavy atom. The summed E-state index contributed by atoms with van der Waals surface area (Å²) in [6.07, 6.45) is 2.06. The van der Waals surface area contributed by atoms with Gasteiger partial charge in [0.25, 0.3) is 0 Å². The number of carbonyl (C=O) groups is 1. The topological polar surface area (TPSA) is 66.6 Å². The first-order valence-electron chi connectivity index (χ1n) is 6.46. The fourth-order valence-electron chi connectivity index (χ4n) is 2.73. The van der Waals surface area contributed by atoms with Crippen LogP contribution in [0.1, 0.15) is 41.7 Å². The number of likely N-dealkylation sites (tertiary alicyclic amines) is 1. The molecule has 1 fully saturated rings. The van der Waals surface area contributed by atoms with Crippen LogP contribution < -0.4 is 5.73 Å². The van der Waals surface area contributed by atoms with Crippen LogP contribution in [0.5, 0.6) is 0 Å². The van der Waals surface area contributed by atoms with Crippen molar-refractivity contribution in [2.75, 3.05) is 13.1 Å². The van der Waals surface area contributed by atoms with Gasteiger partial charge in [-0.1, -0.05) is 19.1 Å². The highest BCUT2D eigenvalue weighted by Gasteiger charge is 2.32. The predicted octanol–water partition coefficient (Wildman–Crippen LogP) is 1.87. The first-order chi connectivity index (χ1) is 8.63. The van der Waals surface area contributed by atoms with Gasteiger partial charge in [0.05, 0.1) is 5.56 Å². The highest BCUT2D eigenvalue weighted by Crippen LogP contribution is 2.31. The second kappa shape index (κ2) is 5.50. The molecule has 1 saturated heterocycles. The highest BCUT2D eigenvalue weighted by molar-refractivity contribution is 5.87. The Kier molecular flexibility index (Phi) is 3.99. The molecule has 4 nitrogen and oxygen atoms in total. The zero-order chi connectivity index (χ0) is 13.1. The Morgan fingerprint density at radius 2 is 2.33 bits per heavy atom. The molecule has 1 aromatic rings. The summed E-state index contributed by atoms with van der Waals surface area (Å²) in [6.45, 7) is 4.15. The molecule has 1 aliphatic rings. The van der Waals surface area contributed by atoms with E-state index in [1.807, 2.05) is 6.07 Å². The molecule has 1 aliphatic heterocycles. The maximum Gasteiger partial charge on any atom is 0.335 e. The van der Waals surface area contributed by atoms with Crippen LogP contribution in [0.2, 0.25) is 0 Å². The van der Waals surface area contributed by atoms with Gasteiger partial charge in [-0.3, -0.25) is 4.90 Å². The molecule has 0 saturated carbocycles. The van der Waals surface area contributed by atoms with Gasteiger partial charge in [-0.05, 0) is 37.1 Å². The minimum absolute atomic E-state index is 0.0978. The first-order valence-corrected chi connectivity index (χ1v) is 6.46. The van der Waals surface area contributed by atoms with E-state index in [0.29, 0.717) is 5.56 Å². The molecule has 0 radical (unpaired) electrons. The fourth-order valence-corrected chi connectivity index (χ4v) is 2.73. The van der Waals surface area contributed by atoms with Crippen LogP contribution in [0.25, 0.3) is 0 Å². The van der Waals surface area contributed by atoms with Crippen molar-refractivity contribution in [2.45, 2.75) is 31.8 Å². The lowest BCUT2D eigenvalue weighted by molar-refractivity contribution is 0.0696. The summed E-state index contributed by atoms with van der Waals surface area (Å²) in [7, 11) is 0. The number of nitrogens with two attached hydrogens (primary N) is 1. The van der Waals surface area contributed by atoms with Crippen LogP contribution >= 0.6 is 0 Å². The molecule has 0 amide bonds. The number of carboxylic acids is 1.